The van der Waals surface area contributed by atoms with Crippen LogP contribution in [0.5, 0.6) is 0 Å². The third-order valence-electron chi connectivity index (χ3n) is 4.03. The summed E-state index contributed by atoms with van der Waals surface area (Å²) in [5, 5.41) is 4.55. The lowest BCUT2D eigenvalue weighted by molar-refractivity contribution is 0.252. The van der Waals surface area contributed by atoms with E-state index >= 15 is 0 Å². The molecular weight excluding hydrogens is 254 g/mol. The average molecular weight is 275 g/mol. The van der Waals surface area contributed by atoms with Crippen molar-refractivity contribution >= 4 is 21.6 Å². The van der Waals surface area contributed by atoms with Crippen LogP contribution in [0, 0.1) is 5.92 Å². The first-order valence-corrected chi connectivity index (χ1v) is 7.83. The van der Waals surface area contributed by atoms with Crippen LogP contribution in [0.4, 0.5) is 0 Å². The smallest absolute Gasteiger partial charge is 0.111 e. The Hall–Kier alpha value is -0.970. The number of thiazole rings is 1. The fourth-order valence-corrected chi connectivity index (χ4v) is 3.95. The van der Waals surface area contributed by atoms with Crippen molar-refractivity contribution in [2.75, 3.05) is 26.7 Å². The molecule has 2 atom stereocenters. The summed E-state index contributed by atoms with van der Waals surface area (Å²) < 4.78 is 1.30. The standard InChI is InChI=1S/C15H21N3S/c1-11(18-8-7-12(10-18)9-16-2)15-17-13-5-3-4-6-14(13)19-15/h3-6,11-12,16H,7-10H2,1-2H3. The van der Waals surface area contributed by atoms with Gasteiger partial charge in [-0.1, -0.05) is 12.1 Å². The lowest BCUT2D eigenvalue weighted by Gasteiger charge is -2.22. The molecule has 4 heteroatoms. The second kappa shape index (κ2) is 5.57. The monoisotopic (exact) mass is 275 g/mol. The fraction of sp³-hybridized carbons (Fsp3) is 0.533. The predicted octanol–water partition coefficient (Wildman–Crippen LogP) is 2.90. The molecule has 1 N–H and O–H groups in total. The van der Waals surface area contributed by atoms with Crippen molar-refractivity contribution in [3.63, 3.8) is 0 Å². The summed E-state index contributed by atoms with van der Waals surface area (Å²) in [6.07, 6.45) is 1.30. The zero-order valence-electron chi connectivity index (χ0n) is 11.6. The summed E-state index contributed by atoms with van der Waals surface area (Å²) in [6, 6.07) is 8.87. The minimum absolute atomic E-state index is 0.444. The molecule has 3 rings (SSSR count). The van der Waals surface area contributed by atoms with Gasteiger partial charge in [-0.3, -0.25) is 4.90 Å². The molecule has 0 saturated carbocycles. The lowest BCUT2D eigenvalue weighted by Crippen LogP contribution is -2.27. The Kier molecular flexibility index (Phi) is 3.82. The van der Waals surface area contributed by atoms with E-state index in [4.69, 9.17) is 4.98 Å². The molecule has 0 aliphatic carbocycles. The maximum Gasteiger partial charge on any atom is 0.111 e. The summed E-state index contributed by atoms with van der Waals surface area (Å²) >= 11 is 1.84. The van der Waals surface area contributed by atoms with Crippen molar-refractivity contribution in [2.24, 2.45) is 5.92 Å². The summed E-state index contributed by atoms with van der Waals surface area (Å²) in [7, 11) is 2.04. The number of aromatic nitrogens is 1. The van der Waals surface area contributed by atoms with Gasteiger partial charge >= 0.3 is 0 Å². The molecule has 2 aromatic rings. The number of fused-ring (bicyclic) bond motifs is 1. The highest BCUT2D eigenvalue weighted by Gasteiger charge is 2.27. The number of likely N-dealkylation sites (tertiary alicyclic amines) is 1. The summed E-state index contributed by atoms with van der Waals surface area (Å²) in [6.45, 7) is 5.81. The van der Waals surface area contributed by atoms with Crippen molar-refractivity contribution in [1.29, 1.82) is 0 Å². The van der Waals surface area contributed by atoms with Crippen molar-refractivity contribution in [3.05, 3.63) is 29.3 Å². The van der Waals surface area contributed by atoms with Gasteiger partial charge in [-0.2, -0.15) is 0 Å². The van der Waals surface area contributed by atoms with E-state index in [1.54, 1.807) is 0 Å². The van der Waals surface area contributed by atoms with Gasteiger partial charge in [-0.25, -0.2) is 4.98 Å². The van der Waals surface area contributed by atoms with E-state index in [2.05, 4.69) is 41.4 Å². The van der Waals surface area contributed by atoms with E-state index in [1.165, 1.54) is 29.2 Å². The topological polar surface area (TPSA) is 28.2 Å². The Labute approximate surface area is 118 Å². The van der Waals surface area contributed by atoms with Gasteiger partial charge in [0.25, 0.3) is 0 Å². The SMILES string of the molecule is CNCC1CCN(C(C)c2nc3ccccc3s2)C1. The molecule has 0 radical (unpaired) electrons. The molecule has 1 aliphatic heterocycles. The quantitative estimate of drug-likeness (QED) is 0.930. The van der Waals surface area contributed by atoms with E-state index in [9.17, 15) is 0 Å². The highest BCUT2D eigenvalue weighted by atomic mass is 32.1. The molecule has 1 aromatic carbocycles. The molecule has 0 spiro atoms. The van der Waals surface area contributed by atoms with Gasteiger partial charge in [0, 0.05) is 6.54 Å². The van der Waals surface area contributed by atoms with E-state index in [0.29, 0.717) is 6.04 Å². The Bertz CT molecular complexity index is 518. The number of hydrogen-bond acceptors (Lipinski definition) is 4. The van der Waals surface area contributed by atoms with Gasteiger partial charge in [0.15, 0.2) is 0 Å². The zero-order valence-corrected chi connectivity index (χ0v) is 12.4. The van der Waals surface area contributed by atoms with Gasteiger partial charge in [0.1, 0.15) is 5.01 Å². The summed E-state index contributed by atoms with van der Waals surface area (Å²) in [5.41, 5.74) is 1.14. The van der Waals surface area contributed by atoms with Crippen LogP contribution in [-0.2, 0) is 0 Å². The van der Waals surface area contributed by atoms with E-state index in [-0.39, 0.29) is 0 Å². The number of nitrogens with one attached hydrogen (secondary N) is 1. The lowest BCUT2D eigenvalue weighted by atomic mass is 10.1. The Balaban J connectivity index is 1.75. The van der Waals surface area contributed by atoms with Crippen molar-refractivity contribution < 1.29 is 0 Å². The minimum atomic E-state index is 0.444. The molecule has 2 heterocycles. The Morgan fingerprint density at radius 3 is 3.11 bits per heavy atom. The first-order valence-electron chi connectivity index (χ1n) is 7.02. The molecule has 0 amide bonds. The first kappa shape index (κ1) is 13.0. The molecule has 102 valence electrons. The van der Waals surface area contributed by atoms with E-state index in [1.807, 2.05) is 18.4 Å². The molecular formula is C15H21N3S. The maximum absolute atomic E-state index is 4.79. The molecule has 1 saturated heterocycles. The van der Waals surface area contributed by atoms with Crippen molar-refractivity contribution in [3.8, 4) is 0 Å². The van der Waals surface area contributed by atoms with Crippen LogP contribution in [-0.4, -0.2) is 36.6 Å². The molecule has 1 fully saturated rings. The average Bonchev–Trinajstić information content (AvgIpc) is 3.04. The number of rotatable bonds is 4. The summed E-state index contributed by atoms with van der Waals surface area (Å²) in [5.74, 6) is 0.793. The van der Waals surface area contributed by atoms with Crippen LogP contribution >= 0.6 is 11.3 Å². The first-order chi connectivity index (χ1) is 9.28. The second-order valence-electron chi connectivity index (χ2n) is 5.40. The van der Waals surface area contributed by atoms with Gasteiger partial charge in [0.2, 0.25) is 0 Å². The van der Waals surface area contributed by atoms with Gasteiger partial charge in [0.05, 0.1) is 16.3 Å². The van der Waals surface area contributed by atoms with Crippen LogP contribution in [0.15, 0.2) is 24.3 Å². The van der Waals surface area contributed by atoms with Crippen molar-refractivity contribution in [1.82, 2.24) is 15.2 Å². The molecule has 3 nitrogen and oxygen atoms in total. The van der Waals surface area contributed by atoms with E-state index in [0.717, 1.165) is 18.0 Å². The highest BCUT2D eigenvalue weighted by Crippen LogP contribution is 2.32. The number of para-hydroxylation sites is 1. The normalized spacial score (nSPS) is 22.1. The Morgan fingerprint density at radius 1 is 1.47 bits per heavy atom. The number of benzene rings is 1. The van der Waals surface area contributed by atoms with Crippen LogP contribution in [0.2, 0.25) is 0 Å². The Morgan fingerprint density at radius 2 is 2.32 bits per heavy atom. The second-order valence-corrected chi connectivity index (χ2v) is 6.47. The maximum atomic E-state index is 4.79. The fourth-order valence-electron chi connectivity index (χ4n) is 2.89. The molecule has 19 heavy (non-hydrogen) atoms. The number of hydrogen-bond donors (Lipinski definition) is 1. The molecule has 1 aliphatic rings. The van der Waals surface area contributed by atoms with E-state index < -0.39 is 0 Å². The molecule has 0 bridgehead atoms. The van der Waals surface area contributed by atoms with Crippen LogP contribution < -0.4 is 5.32 Å². The third kappa shape index (κ3) is 2.66. The largest absolute Gasteiger partial charge is 0.319 e. The molecule has 2 unspecified atom stereocenters. The van der Waals surface area contributed by atoms with Crippen LogP contribution in [0.1, 0.15) is 24.4 Å². The summed E-state index contributed by atoms with van der Waals surface area (Å²) in [4.78, 5) is 7.36. The highest BCUT2D eigenvalue weighted by molar-refractivity contribution is 7.18. The zero-order chi connectivity index (χ0) is 13.2. The van der Waals surface area contributed by atoms with Crippen molar-refractivity contribution in [2.45, 2.75) is 19.4 Å². The van der Waals surface area contributed by atoms with Gasteiger partial charge < -0.3 is 5.32 Å². The number of nitrogens with zero attached hydrogens (tertiary/aromatic N) is 2. The van der Waals surface area contributed by atoms with Gasteiger partial charge in [-0.05, 0) is 51.5 Å². The minimum Gasteiger partial charge on any atom is -0.319 e. The van der Waals surface area contributed by atoms with Crippen LogP contribution in [0.3, 0.4) is 0 Å². The van der Waals surface area contributed by atoms with Gasteiger partial charge in [-0.15, -0.1) is 11.3 Å². The molecule has 1 aromatic heterocycles. The third-order valence-corrected chi connectivity index (χ3v) is 5.23. The van der Waals surface area contributed by atoms with Crippen LogP contribution in [0.25, 0.3) is 10.2 Å². The predicted molar refractivity (Wildman–Crippen MR) is 81.6 cm³/mol.